The molecule has 2 aliphatic rings. The van der Waals surface area contributed by atoms with E-state index in [1.807, 2.05) is 114 Å². The van der Waals surface area contributed by atoms with Crippen molar-refractivity contribution in [2.45, 2.75) is 148 Å². The molecule has 0 spiro atoms. The van der Waals surface area contributed by atoms with Crippen molar-refractivity contribution in [1.82, 2.24) is 10.1 Å². The third-order valence-corrected chi connectivity index (χ3v) is 9.98. The molecule has 2 heterocycles. The molecule has 2 saturated heterocycles. The summed E-state index contributed by atoms with van der Waals surface area (Å²) in [6.07, 6.45) is 1.60. The maximum Gasteiger partial charge on any atom is 0.136 e. The smallest absolute Gasteiger partial charge is 0.136 e. The van der Waals surface area contributed by atoms with Crippen LogP contribution in [0.1, 0.15) is 120 Å². The van der Waals surface area contributed by atoms with E-state index >= 15 is 0 Å². The minimum atomic E-state index is -1.25. The van der Waals surface area contributed by atoms with Crippen LogP contribution < -0.4 is 9.47 Å². The Morgan fingerprint density at radius 1 is 0.529 bits per heavy atom. The lowest BCUT2D eigenvalue weighted by Gasteiger charge is -2.51. The molecule has 0 bridgehead atoms. The Labute approximate surface area is 305 Å². The Kier molecular flexibility index (Phi) is 11.6. The van der Waals surface area contributed by atoms with Crippen molar-refractivity contribution in [3.05, 3.63) is 59.7 Å². The van der Waals surface area contributed by atoms with Gasteiger partial charge in [-0.1, -0.05) is 38.1 Å². The number of hydrogen-bond acceptors (Lipinski definition) is 10. The molecular formula is C41H62N2O8. The van der Waals surface area contributed by atoms with Crippen molar-refractivity contribution in [2.24, 2.45) is 0 Å². The maximum absolute atomic E-state index is 12.3. The minimum absolute atomic E-state index is 0.0304. The number of hydrogen-bond donors (Lipinski definition) is 2. The van der Waals surface area contributed by atoms with Crippen molar-refractivity contribution >= 4 is 11.6 Å². The number of nitrogens with zero attached hydrogens (tertiary/aromatic N) is 2. The predicted octanol–water partition coefficient (Wildman–Crippen LogP) is 6.58. The number of ether oxygens (including phenoxy) is 2. The maximum atomic E-state index is 12.3. The summed E-state index contributed by atoms with van der Waals surface area (Å²) < 4.78 is 12.0. The number of Topliss-reactive ketones (excluding diaryl/α,β-unsaturated/α-hetero) is 2. The van der Waals surface area contributed by atoms with E-state index in [1.54, 1.807) is 13.8 Å². The molecule has 284 valence electrons. The second kappa shape index (κ2) is 14.5. The zero-order chi connectivity index (χ0) is 38.3. The molecule has 0 saturated carbocycles. The van der Waals surface area contributed by atoms with Gasteiger partial charge in [-0.3, -0.25) is 19.3 Å². The van der Waals surface area contributed by atoms with Gasteiger partial charge in [0.25, 0.3) is 0 Å². The van der Waals surface area contributed by atoms with Crippen LogP contribution in [-0.4, -0.2) is 91.7 Å². The second-order valence-corrected chi connectivity index (χ2v) is 18.4. The highest BCUT2D eigenvalue weighted by molar-refractivity contribution is 5.82. The van der Waals surface area contributed by atoms with E-state index in [0.717, 1.165) is 11.1 Å². The fourth-order valence-electron chi connectivity index (χ4n) is 7.75. The second-order valence-electron chi connectivity index (χ2n) is 18.4. The van der Waals surface area contributed by atoms with Crippen LogP contribution in [0.25, 0.3) is 0 Å². The van der Waals surface area contributed by atoms with E-state index in [-0.39, 0.29) is 43.4 Å². The van der Waals surface area contributed by atoms with Gasteiger partial charge in [-0.15, -0.1) is 0 Å². The summed E-state index contributed by atoms with van der Waals surface area (Å²) >= 11 is 0. The standard InChI is InChI=1S/C41H62N2O8/c1-35(2)21-31(44)22-36(3,4)42(35)50-27-40(11,46)25-48-33-17-13-29(14-18-33)39(9,10)30-15-19-34(20-16-30)49-26-41(12,47)28-51-43-37(5,6)23-32(45)24-38(43,7)8/h13-20,46-47H,21-28H2,1-12H3. The lowest BCUT2D eigenvalue weighted by atomic mass is 9.78. The van der Waals surface area contributed by atoms with E-state index < -0.39 is 33.4 Å². The summed E-state index contributed by atoms with van der Waals surface area (Å²) in [7, 11) is 0. The van der Waals surface area contributed by atoms with Gasteiger partial charge in [-0.05, 0) is 105 Å². The van der Waals surface area contributed by atoms with Crippen LogP contribution in [0, 0.1) is 0 Å². The monoisotopic (exact) mass is 710 g/mol. The molecule has 51 heavy (non-hydrogen) atoms. The summed E-state index contributed by atoms with van der Waals surface area (Å²) in [4.78, 5) is 36.8. The van der Waals surface area contributed by atoms with Crippen LogP contribution in [0.15, 0.2) is 48.5 Å². The van der Waals surface area contributed by atoms with Gasteiger partial charge in [-0.2, -0.15) is 10.1 Å². The Bertz CT molecular complexity index is 1370. The Morgan fingerprint density at radius 2 is 0.804 bits per heavy atom. The number of ketones is 2. The van der Waals surface area contributed by atoms with E-state index in [2.05, 4.69) is 13.8 Å². The van der Waals surface area contributed by atoms with E-state index in [4.69, 9.17) is 19.1 Å². The van der Waals surface area contributed by atoms with Crippen LogP contribution in [-0.2, 0) is 24.7 Å². The van der Waals surface area contributed by atoms with Crippen LogP contribution in [0.4, 0.5) is 0 Å². The number of aliphatic hydroxyl groups is 2. The van der Waals surface area contributed by atoms with E-state index in [1.165, 1.54) is 0 Å². The van der Waals surface area contributed by atoms with Crippen molar-refractivity contribution in [2.75, 3.05) is 26.4 Å². The molecule has 10 nitrogen and oxygen atoms in total. The minimum Gasteiger partial charge on any atom is -0.491 e. The molecule has 4 rings (SSSR count). The predicted molar refractivity (Wildman–Crippen MR) is 198 cm³/mol. The third-order valence-electron chi connectivity index (χ3n) is 9.98. The molecule has 0 aromatic heterocycles. The topological polar surface area (TPSA) is 118 Å². The molecular weight excluding hydrogens is 648 g/mol. The normalized spacial score (nSPS) is 22.9. The van der Waals surface area contributed by atoms with E-state index in [9.17, 15) is 19.8 Å². The first kappa shape index (κ1) is 40.9. The summed E-state index contributed by atoms with van der Waals surface area (Å²) in [6, 6.07) is 15.7. The van der Waals surface area contributed by atoms with Crippen molar-refractivity contribution in [3.8, 4) is 11.5 Å². The number of carbonyl (C=O) groups excluding carboxylic acids is 2. The average Bonchev–Trinajstić information content (AvgIpc) is 2.96. The number of rotatable bonds is 14. The highest BCUT2D eigenvalue weighted by Gasteiger charge is 2.48. The molecule has 0 radical (unpaired) electrons. The first-order valence-corrected chi connectivity index (χ1v) is 18.1. The summed E-state index contributed by atoms with van der Waals surface area (Å²) in [5.41, 5.74) is -2.55. The van der Waals surface area contributed by atoms with Gasteiger partial charge in [0.15, 0.2) is 0 Å². The summed E-state index contributed by atoms with van der Waals surface area (Å²) in [5.74, 6) is 1.70. The molecule has 2 N–H and O–H groups in total. The largest absolute Gasteiger partial charge is 0.491 e. The average molecular weight is 711 g/mol. The zero-order valence-electron chi connectivity index (χ0n) is 33.0. The Balaban J connectivity index is 1.29. The third kappa shape index (κ3) is 10.2. The van der Waals surface area contributed by atoms with Gasteiger partial charge >= 0.3 is 0 Å². The van der Waals surface area contributed by atoms with Crippen LogP contribution in [0.3, 0.4) is 0 Å². The van der Waals surface area contributed by atoms with Crippen LogP contribution in [0.2, 0.25) is 0 Å². The SMILES string of the molecule is CC(O)(COc1ccc(C(C)(C)c2ccc(OCC(C)(O)CON3C(C)(C)CC(=O)CC3(C)C)cc2)cc1)CON1C(C)(C)CC(=O)CC1(C)C. The Morgan fingerprint density at radius 3 is 1.08 bits per heavy atom. The van der Waals surface area contributed by atoms with E-state index in [0.29, 0.717) is 37.2 Å². The van der Waals surface area contributed by atoms with Crippen LogP contribution >= 0.6 is 0 Å². The van der Waals surface area contributed by atoms with Gasteiger partial charge < -0.3 is 19.7 Å². The zero-order valence-corrected chi connectivity index (χ0v) is 33.0. The molecule has 2 unspecified atom stereocenters. The van der Waals surface area contributed by atoms with Crippen LogP contribution in [0.5, 0.6) is 11.5 Å². The lowest BCUT2D eigenvalue weighted by Crippen LogP contribution is -2.61. The van der Waals surface area contributed by atoms with Gasteiger partial charge in [0, 0.05) is 53.3 Å². The molecule has 2 atom stereocenters. The molecule has 2 aromatic carbocycles. The molecule has 2 fully saturated rings. The highest BCUT2D eigenvalue weighted by Crippen LogP contribution is 2.39. The lowest BCUT2D eigenvalue weighted by molar-refractivity contribution is -0.293. The molecule has 2 aliphatic heterocycles. The molecule has 2 aromatic rings. The molecule has 0 amide bonds. The van der Waals surface area contributed by atoms with Gasteiger partial charge in [-0.25, -0.2) is 0 Å². The van der Waals surface area contributed by atoms with Gasteiger partial charge in [0.1, 0.15) is 60.7 Å². The number of hydroxylamine groups is 4. The fourth-order valence-corrected chi connectivity index (χ4v) is 7.75. The van der Waals surface area contributed by atoms with Crippen molar-refractivity contribution in [3.63, 3.8) is 0 Å². The number of benzene rings is 2. The summed E-state index contributed by atoms with van der Waals surface area (Å²) in [6.45, 7) is 23.7. The highest BCUT2D eigenvalue weighted by atomic mass is 16.7. The Hall–Kier alpha value is -2.86. The molecule has 0 aliphatic carbocycles. The first-order valence-electron chi connectivity index (χ1n) is 18.1. The fraction of sp³-hybridized carbons (Fsp3) is 0.659. The summed E-state index contributed by atoms with van der Waals surface area (Å²) in [5, 5.41) is 25.9. The van der Waals surface area contributed by atoms with Crippen molar-refractivity contribution in [1.29, 1.82) is 0 Å². The van der Waals surface area contributed by atoms with Gasteiger partial charge in [0.2, 0.25) is 0 Å². The number of carbonyl (C=O) groups is 2. The molecule has 10 heteroatoms. The quantitative estimate of drug-likeness (QED) is 0.223. The van der Waals surface area contributed by atoms with Crippen molar-refractivity contribution < 1.29 is 39.0 Å². The van der Waals surface area contributed by atoms with Gasteiger partial charge in [0.05, 0.1) is 0 Å². The number of piperidine rings is 2. The first-order chi connectivity index (χ1) is 23.2.